The van der Waals surface area contributed by atoms with Crippen molar-refractivity contribution < 1.29 is 4.79 Å². The smallest absolute Gasteiger partial charge is 0.228 e. The minimum atomic E-state index is -0.0508. The largest absolute Gasteiger partial charge is 0.338 e. The van der Waals surface area contributed by atoms with Crippen LogP contribution in [-0.4, -0.2) is 28.7 Å². The molecule has 0 N–H and O–H groups in total. The minimum Gasteiger partial charge on any atom is -0.338 e. The molecule has 2 nitrogen and oxygen atoms in total. The van der Waals surface area contributed by atoms with E-state index in [2.05, 4.69) is 27.8 Å². The lowest BCUT2D eigenvalue weighted by molar-refractivity contribution is -0.142. The first-order valence-electron chi connectivity index (χ1n) is 7.04. The van der Waals surface area contributed by atoms with Crippen molar-refractivity contribution >= 4 is 21.8 Å². The van der Waals surface area contributed by atoms with Gasteiger partial charge in [-0.05, 0) is 25.7 Å². The zero-order valence-electron chi connectivity index (χ0n) is 10.9. The van der Waals surface area contributed by atoms with E-state index < -0.39 is 0 Å². The molecule has 1 unspecified atom stereocenters. The molecule has 2 aliphatic rings. The second kappa shape index (κ2) is 5.73. The monoisotopic (exact) mass is 301 g/mol. The van der Waals surface area contributed by atoms with E-state index in [9.17, 15) is 4.79 Å². The van der Waals surface area contributed by atoms with E-state index in [-0.39, 0.29) is 5.41 Å². The molecule has 1 saturated carbocycles. The van der Waals surface area contributed by atoms with Crippen molar-refractivity contribution in [2.45, 2.75) is 64.3 Å². The first-order valence-corrected chi connectivity index (χ1v) is 8.16. The van der Waals surface area contributed by atoms with Gasteiger partial charge in [-0.15, -0.1) is 0 Å². The van der Waals surface area contributed by atoms with Crippen LogP contribution in [0.5, 0.6) is 0 Å². The second-order valence-corrected chi connectivity index (χ2v) is 6.57. The predicted octanol–water partition coefficient (Wildman–Crippen LogP) is 3.73. The summed E-state index contributed by atoms with van der Waals surface area (Å²) in [6, 6.07) is 0.433. The summed E-state index contributed by atoms with van der Waals surface area (Å²) in [5, 5.41) is 0.939. The first kappa shape index (κ1) is 13.4. The minimum absolute atomic E-state index is 0.0508. The predicted molar refractivity (Wildman–Crippen MR) is 74.3 cm³/mol. The van der Waals surface area contributed by atoms with E-state index in [1.54, 1.807) is 0 Å². The lowest BCUT2D eigenvalue weighted by Gasteiger charge is -2.35. The van der Waals surface area contributed by atoms with Crippen LogP contribution in [0.15, 0.2) is 0 Å². The first-order chi connectivity index (χ1) is 8.17. The normalized spacial score (nSPS) is 29.1. The molecular weight excluding hydrogens is 278 g/mol. The van der Waals surface area contributed by atoms with Gasteiger partial charge in [-0.25, -0.2) is 0 Å². The van der Waals surface area contributed by atoms with E-state index in [1.807, 2.05) is 0 Å². The zero-order valence-corrected chi connectivity index (χ0v) is 12.5. The third-order valence-corrected chi connectivity index (χ3v) is 5.29. The van der Waals surface area contributed by atoms with Crippen LogP contribution in [0, 0.1) is 5.41 Å². The molecule has 1 heterocycles. The zero-order chi connectivity index (χ0) is 12.3. The van der Waals surface area contributed by atoms with Gasteiger partial charge in [-0.3, -0.25) is 4.79 Å². The maximum Gasteiger partial charge on any atom is 0.228 e. The molecular formula is C14H24BrNO. The van der Waals surface area contributed by atoms with E-state index in [0.29, 0.717) is 11.9 Å². The van der Waals surface area contributed by atoms with Gasteiger partial charge in [0.1, 0.15) is 0 Å². The highest BCUT2D eigenvalue weighted by Gasteiger charge is 2.40. The van der Waals surface area contributed by atoms with Gasteiger partial charge < -0.3 is 4.90 Å². The number of likely N-dealkylation sites (tertiary alicyclic amines) is 1. The van der Waals surface area contributed by atoms with Gasteiger partial charge >= 0.3 is 0 Å². The number of carbonyl (C=O) groups is 1. The average molecular weight is 302 g/mol. The molecule has 2 fully saturated rings. The molecule has 0 aromatic rings. The second-order valence-electron chi connectivity index (χ2n) is 5.92. The molecule has 1 amide bonds. The van der Waals surface area contributed by atoms with Crippen LogP contribution >= 0.6 is 15.9 Å². The Kier molecular flexibility index (Phi) is 4.51. The summed E-state index contributed by atoms with van der Waals surface area (Å²) in [6.45, 7) is 3.16. The number of carbonyl (C=O) groups excluding carboxylic acids is 1. The standard InChI is InChI=1S/C14H24BrNO/c1-14(8-4-5-9-14)13(17)16-10-6-2-3-7-12(16)11-15/h12H,2-11H2,1H3. The van der Waals surface area contributed by atoms with Crippen LogP contribution in [0.4, 0.5) is 0 Å². The molecule has 0 spiro atoms. The Morgan fingerprint density at radius 1 is 1.24 bits per heavy atom. The van der Waals surface area contributed by atoms with Crippen molar-refractivity contribution in [1.29, 1.82) is 0 Å². The van der Waals surface area contributed by atoms with E-state index >= 15 is 0 Å². The van der Waals surface area contributed by atoms with Gasteiger partial charge in [0, 0.05) is 23.3 Å². The fourth-order valence-corrected chi connectivity index (χ4v) is 3.99. The Balaban J connectivity index is 2.09. The SMILES string of the molecule is CC1(C(=O)N2CCCCCC2CBr)CCCC1. The molecule has 0 aromatic heterocycles. The number of amides is 1. The van der Waals surface area contributed by atoms with Crippen LogP contribution in [0.1, 0.15) is 58.3 Å². The highest BCUT2D eigenvalue weighted by Crippen LogP contribution is 2.40. The summed E-state index contributed by atoms with van der Waals surface area (Å²) in [4.78, 5) is 14.9. The van der Waals surface area contributed by atoms with Crippen molar-refractivity contribution in [2.24, 2.45) is 5.41 Å². The maximum absolute atomic E-state index is 12.7. The third kappa shape index (κ3) is 2.86. The molecule has 98 valence electrons. The molecule has 3 heteroatoms. The molecule has 1 saturated heterocycles. The van der Waals surface area contributed by atoms with Crippen molar-refractivity contribution in [1.82, 2.24) is 4.90 Å². The Morgan fingerprint density at radius 3 is 2.59 bits per heavy atom. The van der Waals surface area contributed by atoms with Crippen LogP contribution in [-0.2, 0) is 4.79 Å². The fourth-order valence-electron chi connectivity index (χ4n) is 3.32. The Bertz CT molecular complexity index is 273. The maximum atomic E-state index is 12.7. The number of hydrogen-bond donors (Lipinski definition) is 0. The molecule has 17 heavy (non-hydrogen) atoms. The summed E-state index contributed by atoms with van der Waals surface area (Å²) in [5.41, 5.74) is -0.0508. The summed E-state index contributed by atoms with van der Waals surface area (Å²) in [5.74, 6) is 0.432. The molecule has 0 bridgehead atoms. The Labute approximate surface area is 113 Å². The van der Waals surface area contributed by atoms with Crippen LogP contribution in [0.3, 0.4) is 0 Å². The van der Waals surface area contributed by atoms with Crippen molar-refractivity contribution in [3.8, 4) is 0 Å². The van der Waals surface area contributed by atoms with Gasteiger partial charge in [-0.2, -0.15) is 0 Å². The molecule has 1 atom stereocenters. The highest BCUT2D eigenvalue weighted by atomic mass is 79.9. The number of alkyl halides is 1. The van der Waals surface area contributed by atoms with Crippen molar-refractivity contribution in [2.75, 3.05) is 11.9 Å². The summed E-state index contributed by atoms with van der Waals surface area (Å²) >= 11 is 3.59. The summed E-state index contributed by atoms with van der Waals surface area (Å²) in [7, 11) is 0. The van der Waals surface area contributed by atoms with Crippen molar-refractivity contribution in [3.05, 3.63) is 0 Å². The van der Waals surface area contributed by atoms with E-state index in [1.165, 1.54) is 38.5 Å². The Morgan fingerprint density at radius 2 is 1.94 bits per heavy atom. The highest BCUT2D eigenvalue weighted by molar-refractivity contribution is 9.09. The quantitative estimate of drug-likeness (QED) is 0.712. The molecule has 0 radical (unpaired) electrons. The average Bonchev–Trinajstić information content (AvgIpc) is 2.65. The Hall–Kier alpha value is -0.0500. The number of halogens is 1. The van der Waals surface area contributed by atoms with E-state index in [0.717, 1.165) is 24.7 Å². The van der Waals surface area contributed by atoms with Gasteiger partial charge in [0.15, 0.2) is 0 Å². The van der Waals surface area contributed by atoms with Crippen LogP contribution in [0.25, 0.3) is 0 Å². The summed E-state index contributed by atoms with van der Waals surface area (Å²) in [6.07, 6.45) is 9.57. The summed E-state index contributed by atoms with van der Waals surface area (Å²) < 4.78 is 0. The van der Waals surface area contributed by atoms with Crippen LogP contribution < -0.4 is 0 Å². The van der Waals surface area contributed by atoms with Gasteiger partial charge in [-0.1, -0.05) is 48.5 Å². The van der Waals surface area contributed by atoms with Gasteiger partial charge in [0.2, 0.25) is 5.91 Å². The van der Waals surface area contributed by atoms with E-state index in [4.69, 9.17) is 0 Å². The molecule has 1 aliphatic heterocycles. The van der Waals surface area contributed by atoms with Crippen molar-refractivity contribution in [3.63, 3.8) is 0 Å². The number of nitrogens with zero attached hydrogens (tertiary/aromatic N) is 1. The fraction of sp³-hybridized carbons (Fsp3) is 0.929. The third-order valence-electron chi connectivity index (χ3n) is 4.54. The molecule has 2 rings (SSSR count). The topological polar surface area (TPSA) is 20.3 Å². The molecule has 0 aromatic carbocycles. The van der Waals surface area contributed by atoms with Gasteiger partial charge in [0.25, 0.3) is 0 Å². The lowest BCUT2D eigenvalue weighted by atomic mass is 9.86. The van der Waals surface area contributed by atoms with Crippen LogP contribution in [0.2, 0.25) is 0 Å². The lowest BCUT2D eigenvalue weighted by Crippen LogP contribution is -2.47. The number of rotatable bonds is 2. The molecule has 1 aliphatic carbocycles. The number of hydrogen-bond acceptors (Lipinski definition) is 1. The van der Waals surface area contributed by atoms with Gasteiger partial charge in [0.05, 0.1) is 0 Å².